The Morgan fingerprint density at radius 2 is 2.04 bits per heavy atom. The maximum absolute atomic E-state index is 13.3. The van der Waals surface area contributed by atoms with Gasteiger partial charge in [-0.3, -0.25) is 15.1 Å². The van der Waals surface area contributed by atoms with Gasteiger partial charge in [-0.25, -0.2) is 4.39 Å². The van der Waals surface area contributed by atoms with Gasteiger partial charge in [0.15, 0.2) is 5.96 Å². The average Bonchev–Trinajstić information content (AvgIpc) is 3.06. The quantitative estimate of drug-likeness (QED) is 0.269. The van der Waals surface area contributed by atoms with Crippen molar-refractivity contribution in [2.75, 3.05) is 13.6 Å². The van der Waals surface area contributed by atoms with Gasteiger partial charge in [-0.2, -0.15) is 0 Å². The molecule has 0 atom stereocenters. The van der Waals surface area contributed by atoms with E-state index in [0.29, 0.717) is 24.6 Å². The zero-order chi connectivity index (χ0) is 19.2. The lowest BCUT2D eigenvalue weighted by atomic mass is 10.1. The molecule has 1 aromatic heterocycles. The van der Waals surface area contributed by atoms with Gasteiger partial charge in [0.2, 0.25) is 0 Å². The Bertz CT molecular complexity index is 983. The number of hydrogen-bond acceptors (Lipinski definition) is 3. The Kier molecular flexibility index (Phi) is 5.65. The summed E-state index contributed by atoms with van der Waals surface area (Å²) in [6.45, 7) is 0.907. The molecule has 3 rings (SSSR count). The lowest BCUT2D eigenvalue weighted by Gasteiger charge is -2.12. The molecule has 7 nitrogen and oxygen atoms in total. The van der Waals surface area contributed by atoms with E-state index in [1.165, 1.54) is 18.2 Å². The average molecular weight is 369 g/mol. The van der Waals surface area contributed by atoms with E-state index < -0.39 is 4.92 Å². The molecule has 0 spiro atoms. The molecule has 0 aliphatic heterocycles. The van der Waals surface area contributed by atoms with E-state index in [1.807, 2.05) is 6.20 Å². The smallest absolute Gasteiger partial charge is 0.274 e. The van der Waals surface area contributed by atoms with E-state index in [9.17, 15) is 14.5 Å². The summed E-state index contributed by atoms with van der Waals surface area (Å²) in [5.74, 6) is 0.285. The van der Waals surface area contributed by atoms with Crippen LogP contribution >= 0.6 is 0 Å². The molecule has 27 heavy (non-hydrogen) atoms. The summed E-state index contributed by atoms with van der Waals surface area (Å²) in [5, 5.41) is 18.3. The number of H-pyrrole nitrogens is 1. The van der Waals surface area contributed by atoms with Gasteiger partial charge in [0.05, 0.1) is 4.92 Å². The highest BCUT2D eigenvalue weighted by Gasteiger charge is 2.12. The summed E-state index contributed by atoms with van der Waals surface area (Å²) in [6.07, 6.45) is 2.59. The molecule has 0 saturated carbocycles. The van der Waals surface area contributed by atoms with Crippen LogP contribution in [-0.4, -0.2) is 29.5 Å². The van der Waals surface area contributed by atoms with Crippen molar-refractivity contribution in [1.29, 1.82) is 0 Å². The fourth-order valence-electron chi connectivity index (χ4n) is 2.92. The van der Waals surface area contributed by atoms with Crippen LogP contribution in [0.15, 0.2) is 53.7 Å². The minimum Gasteiger partial charge on any atom is -0.361 e. The lowest BCUT2D eigenvalue weighted by molar-refractivity contribution is -0.385. The second kappa shape index (κ2) is 8.31. The minimum absolute atomic E-state index is 0.0754. The molecule has 0 unspecified atom stereocenters. The van der Waals surface area contributed by atoms with Crippen LogP contribution in [0.4, 0.5) is 10.1 Å². The van der Waals surface area contributed by atoms with E-state index in [4.69, 9.17) is 0 Å². The number of aromatic nitrogens is 1. The van der Waals surface area contributed by atoms with Crippen molar-refractivity contribution in [2.45, 2.75) is 13.0 Å². The van der Waals surface area contributed by atoms with Crippen molar-refractivity contribution >= 4 is 22.5 Å². The second-order valence-corrected chi connectivity index (χ2v) is 5.99. The van der Waals surface area contributed by atoms with Gasteiger partial charge in [-0.05, 0) is 30.2 Å². The Hall–Kier alpha value is -3.42. The third-order valence-corrected chi connectivity index (χ3v) is 4.27. The SMILES string of the molecule is CN=C(NCCc1c[nH]c2cc(F)ccc12)NCc1ccccc1[N+](=O)[O-]. The summed E-state index contributed by atoms with van der Waals surface area (Å²) in [5.41, 5.74) is 2.51. The molecule has 140 valence electrons. The molecule has 2 aromatic carbocycles. The van der Waals surface area contributed by atoms with E-state index in [0.717, 1.165) is 22.9 Å². The zero-order valence-corrected chi connectivity index (χ0v) is 14.8. The number of aliphatic imine (C=N–C) groups is 1. The van der Waals surface area contributed by atoms with Crippen molar-refractivity contribution in [3.8, 4) is 0 Å². The Labute approximate surface area is 155 Å². The van der Waals surface area contributed by atoms with Gasteiger partial charge in [-0.15, -0.1) is 0 Å². The van der Waals surface area contributed by atoms with Crippen LogP contribution in [0.5, 0.6) is 0 Å². The molecule has 0 radical (unpaired) electrons. The number of nitro groups is 1. The normalized spacial score (nSPS) is 11.6. The first-order chi connectivity index (χ1) is 13.1. The van der Waals surface area contributed by atoms with Crippen LogP contribution in [0, 0.1) is 15.9 Å². The first-order valence-corrected chi connectivity index (χ1v) is 8.51. The standard InChI is InChI=1S/C19H20FN5O2/c1-21-19(24-12-14-4-2-3-5-18(14)25(26)27)22-9-8-13-11-23-17-10-15(20)6-7-16(13)17/h2-7,10-11,23H,8-9,12H2,1H3,(H2,21,22,24). The van der Waals surface area contributed by atoms with Crippen LogP contribution in [0.1, 0.15) is 11.1 Å². The number of nitro benzene ring substituents is 1. The zero-order valence-electron chi connectivity index (χ0n) is 14.8. The topological polar surface area (TPSA) is 95.3 Å². The predicted molar refractivity (Wildman–Crippen MR) is 103 cm³/mol. The second-order valence-electron chi connectivity index (χ2n) is 5.99. The van der Waals surface area contributed by atoms with Gasteiger partial charge in [-0.1, -0.05) is 18.2 Å². The molecule has 0 bridgehead atoms. The van der Waals surface area contributed by atoms with Gasteiger partial charge in [0.25, 0.3) is 5.69 Å². The summed E-state index contributed by atoms with van der Waals surface area (Å²) in [7, 11) is 1.64. The highest BCUT2D eigenvalue weighted by Crippen LogP contribution is 2.19. The van der Waals surface area contributed by atoms with Gasteiger partial charge < -0.3 is 15.6 Å². The molecule has 3 aromatic rings. The van der Waals surface area contributed by atoms with Crippen molar-refractivity contribution in [3.63, 3.8) is 0 Å². The van der Waals surface area contributed by atoms with Crippen molar-refractivity contribution in [2.24, 2.45) is 4.99 Å². The summed E-state index contributed by atoms with van der Waals surface area (Å²) < 4.78 is 13.3. The number of fused-ring (bicyclic) bond motifs is 1. The monoisotopic (exact) mass is 369 g/mol. The molecular weight excluding hydrogens is 349 g/mol. The number of hydrogen-bond donors (Lipinski definition) is 3. The Balaban J connectivity index is 1.56. The van der Waals surface area contributed by atoms with E-state index >= 15 is 0 Å². The highest BCUT2D eigenvalue weighted by atomic mass is 19.1. The number of para-hydroxylation sites is 1. The van der Waals surface area contributed by atoms with Crippen LogP contribution in [0.3, 0.4) is 0 Å². The summed E-state index contributed by atoms with van der Waals surface area (Å²) in [6, 6.07) is 11.3. The first-order valence-electron chi connectivity index (χ1n) is 8.51. The van der Waals surface area contributed by atoms with Crippen molar-refractivity contribution < 1.29 is 9.31 Å². The molecule has 1 heterocycles. The lowest BCUT2D eigenvalue weighted by Crippen LogP contribution is -2.37. The Morgan fingerprint density at radius 3 is 2.81 bits per heavy atom. The number of aromatic amines is 1. The number of rotatable bonds is 6. The summed E-state index contributed by atoms with van der Waals surface area (Å²) in [4.78, 5) is 17.9. The van der Waals surface area contributed by atoms with Crippen LogP contribution in [0.25, 0.3) is 10.9 Å². The molecule has 0 aliphatic rings. The fourth-order valence-corrected chi connectivity index (χ4v) is 2.92. The molecule has 0 fully saturated rings. The number of guanidine groups is 1. The van der Waals surface area contributed by atoms with Gasteiger partial charge >= 0.3 is 0 Å². The molecule has 0 aliphatic carbocycles. The van der Waals surface area contributed by atoms with Crippen LogP contribution < -0.4 is 10.6 Å². The number of nitrogens with one attached hydrogen (secondary N) is 3. The largest absolute Gasteiger partial charge is 0.361 e. The molecular formula is C19H20FN5O2. The molecule has 3 N–H and O–H groups in total. The van der Waals surface area contributed by atoms with Gasteiger partial charge in [0.1, 0.15) is 5.82 Å². The minimum atomic E-state index is -0.396. The maximum Gasteiger partial charge on any atom is 0.274 e. The maximum atomic E-state index is 13.3. The van der Waals surface area contributed by atoms with Crippen molar-refractivity contribution in [1.82, 2.24) is 15.6 Å². The Morgan fingerprint density at radius 1 is 1.22 bits per heavy atom. The van der Waals surface area contributed by atoms with Crippen LogP contribution in [-0.2, 0) is 13.0 Å². The number of benzene rings is 2. The number of nitrogens with zero attached hydrogens (tertiary/aromatic N) is 2. The van der Waals surface area contributed by atoms with Crippen molar-refractivity contribution in [3.05, 3.63) is 75.7 Å². The third kappa shape index (κ3) is 4.41. The molecule has 8 heteroatoms. The number of halogens is 1. The van der Waals surface area contributed by atoms with Gasteiger partial charge in [0, 0.05) is 48.9 Å². The van der Waals surface area contributed by atoms with Crippen LogP contribution in [0.2, 0.25) is 0 Å². The fraction of sp³-hybridized carbons (Fsp3) is 0.211. The predicted octanol–water partition coefficient (Wildman–Crippen LogP) is 3.12. The molecule has 0 amide bonds. The van der Waals surface area contributed by atoms with E-state index in [1.54, 1.807) is 31.3 Å². The third-order valence-electron chi connectivity index (χ3n) is 4.27. The first kappa shape index (κ1) is 18.4. The van der Waals surface area contributed by atoms with E-state index in [2.05, 4.69) is 20.6 Å². The highest BCUT2D eigenvalue weighted by molar-refractivity contribution is 5.83. The molecule has 0 saturated heterocycles. The summed E-state index contributed by atoms with van der Waals surface area (Å²) >= 11 is 0. The van der Waals surface area contributed by atoms with E-state index in [-0.39, 0.29) is 11.5 Å².